The van der Waals surface area contributed by atoms with E-state index in [2.05, 4.69) is 5.16 Å². The van der Waals surface area contributed by atoms with Crippen molar-refractivity contribution in [2.75, 3.05) is 7.11 Å². The fraction of sp³-hybridized carbons (Fsp3) is 0.231. The van der Waals surface area contributed by atoms with Crippen molar-refractivity contribution >= 4 is 5.97 Å². The first-order valence-electron chi connectivity index (χ1n) is 5.56. The topological polar surface area (TPSA) is 81.8 Å². The van der Waals surface area contributed by atoms with E-state index in [-0.39, 0.29) is 17.9 Å². The molecule has 19 heavy (non-hydrogen) atoms. The van der Waals surface area contributed by atoms with Crippen LogP contribution < -0.4 is 4.74 Å². The second-order valence-corrected chi connectivity index (χ2v) is 3.89. The molecule has 0 unspecified atom stereocenters. The molecule has 0 aliphatic rings. The quantitative estimate of drug-likeness (QED) is 0.850. The maximum Gasteiger partial charge on any atom is 0.342 e. The van der Waals surface area contributed by atoms with Crippen LogP contribution in [0.25, 0.3) is 0 Å². The van der Waals surface area contributed by atoms with Crippen LogP contribution in [0.1, 0.15) is 21.8 Å². The van der Waals surface area contributed by atoms with Crippen LogP contribution >= 0.6 is 0 Å². The van der Waals surface area contributed by atoms with Crippen LogP contribution in [0.2, 0.25) is 0 Å². The van der Waals surface area contributed by atoms with Gasteiger partial charge in [-0.2, -0.15) is 0 Å². The number of aryl methyl sites for hydroxylation is 1. The van der Waals surface area contributed by atoms with Gasteiger partial charge in [0.25, 0.3) is 0 Å². The number of benzene rings is 1. The van der Waals surface area contributed by atoms with Crippen molar-refractivity contribution in [3.05, 3.63) is 41.3 Å². The van der Waals surface area contributed by atoms with Gasteiger partial charge in [-0.3, -0.25) is 0 Å². The number of nitrogens with zero attached hydrogens (tertiary/aromatic N) is 1. The van der Waals surface area contributed by atoms with Crippen molar-refractivity contribution in [3.63, 3.8) is 0 Å². The first-order valence-corrected chi connectivity index (χ1v) is 5.56. The molecule has 0 radical (unpaired) electrons. The van der Waals surface area contributed by atoms with E-state index in [1.54, 1.807) is 19.1 Å². The summed E-state index contributed by atoms with van der Waals surface area (Å²) in [5.41, 5.74) is 0.583. The fourth-order valence-corrected chi connectivity index (χ4v) is 1.51. The summed E-state index contributed by atoms with van der Waals surface area (Å²) in [6, 6.07) is 6.01. The molecule has 0 saturated heterocycles. The molecule has 6 heteroatoms. The van der Waals surface area contributed by atoms with Crippen molar-refractivity contribution in [1.29, 1.82) is 0 Å². The lowest BCUT2D eigenvalue weighted by Crippen LogP contribution is -2.05. The Hall–Kier alpha value is -2.50. The van der Waals surface area contributed by atoms with Gasteiger partial charge in [-0.15, -0.1) is 0 Å². The number of esters is 1. The number of hydrogen-bond donors (Lipinski definition) is 1. The van der Waals surface area contributed by atoms with Crippen molar-refractivity contribution in [2.24, 2.45) is 0 Å². The smallest absolute Gasteiger partial charge is 0.342 e. The number of aromatic nitrogens is 1. The number of methoxy groups -OCH3 is 1. The molecule has 1 aromatic carbocycles. The van der Waals surface area contributed by atoms with Gasteiger partial charge >= 0.3 is 5.97 Å². The maximum absolute atomic E-state index is 11.8. The van der Waals surface area contributed by atoms with Crippen LogP contribution in [-0.4, -0.2) is 23.3 Å². The molecule has 2 aromatic rings. The minimum atomic E-state index is -0.638. The first-order chi connectivity index (χ1) is 9.10. The molecule has 1 aromatic heterocycles. The lowest BCUT2D eigenvalue weighted by atomic mass is 10.2. The highest BCUT2D eigenvalue weighted by molar-refractivity contribution is 5.92. The van der Waals surface area contributed by atoms with E-state index >= 15 is 0 Å². The van der Waals surface area contributed by atoms with Crippen LogP contribution in [0.4, 0.5) is 0 Å². The average Bonchev–Trinajstić information content (AvgIpc) is 2.81. The highest BCUT2D eigenvalue weighted by atomic mass is 16.5. The average molecular weight is 263 g/mol. The third kappa shape index (κ3) is 3.04. The molecule has 0 aliphatic heterocycles. The Morgan fingerprint density at radius 2 is 2.21 bits per heavy atom. The van der Waals surface area contributed by atoms with Crippen LogP contribution in [0, 0.1) is 6.92 Å². The van der Waals surface area contributed by atoms with E-state index in [1.807, 2.05) is 0 Å². The van der Waals surface area contributed by atoms with Gasteiger partial charge in [0.1, 0.15) is 35.1 Å². The summed E-state index contributed by atoms with van der Waals surface area (Å²) in [6.45, 7) is 1.73. The molecule has 6 nitrogen and oxygen atoms in total. The number of aromatic hydroxyl groups is 1. The number of phenols is 1. The largest absolute Gasteiger partial charge is 0.507 e. The van der Waals surface area contributed by atoms with Crippen LogP contribution in [0.3, 0.4) is 0 Å². The summed E-state index contributed by atoms with van der Waals surface area (Å²) < 4.78 is 14.8. The third-order valence-electron chi connectivity index (χ3n) is 2.45. The standard InChI is InChI=1S/C13H13NO5/c1-8-5-9(14-19-8)7-18-13(16)11-4-3-10(17-2)6-12(11)15/h3-6,15H,7H2,1-2H3. The molecule has 0 saturated carbocycles. The van der Waals surface area contributed by atoms with Crippen LogP contribution in [0.5, 0.6) is 11.5 Å². The second kappa shape index (κ2) is 5.43. The Morgan fingerprint density at radius 3 is 2.79 bits per heavy atom. The Bertz CT molecular complexity index is 590. The first kappa shape index (κ1) is 12.9. The number of hydrogen-bond acceptors (Lipinski definition) is 6. The molecule has 1 heterocycles. The van der Waals surface area contributed by atoms with E-state index in [0.717, 1.165) is 0 Å². The molecule has 100 valence electrons. The fourth-order valence-electron chi connectivity index (χ4n) is 1.51. The molecule has 0 spiro atoms. The van der Waals surface area contributed by atoms with E-state index in [9.17, 15) is 9.90 Å². The molecule has 0 amide bonds. The number of phenolic OH excluding ortho intramolecular Hbond substituents is 1. The Labute approximate surface area is 109 Å². The van der Waals surface area contributed by atoms with Gasteiger partial charge in [0.05, 0.1) is 7.11 Å². The number of ether oxygens (including phenoxy) is 2. The van der Waals surface area contributed by atoms with Crippen LogP contribution in [-0.2, 0) is 11.3 Å². The van der Waals surface area contributed by atoms with Crippen LogP contribution in [0.15, 0.2) is 28.8 Å². The Kier molecular flexibility index (Phi) is 3.70. The molecule has 0 bridgehead atoms. The molecule has 0 fully saturated rings. The number of rotatable bonds is 4. The van der Waals surface area contributed by atoms with E-state index in [0.29, 0.717) is 17.2 Å². The Balaban J connectivity index is 2.03. The summed E-state index contributed by atoms with van der Waals surface area (Å²) in [7, 11) is 1.47. The molecule has 0 atom stereocenters. The maximum atomic E-state index is 11.8. The molecular weight excluding hydrogens is 250 g/mol. The van der Waals surface area contributed by atoms with Crippen molar-refractivity contribution in [3.8, 4) is 11.5 Å². The van der Waals surface area contributed by atoms with Gasteiger partial charge in [0, 0.05) is 12.1 Å². The lowest BCUT2D eigenvalue weighted by Gasteiger charge is -2.06. The van der Waals surface area contributed by atoms with Crippen molar-refractivity contribution in [1.82, 2.24) is 5.16 Å². The third-order valence-corrected chi connectivity index (χ3v) is 2.45. The van der Waals surface area contributed by atoms with Gasteiger partial charge in [-0.1, -0.05) is 5.16 Å². The Morgan fingerprint density at radius 1 is 1.42 bits per heavy atom. The molecule has 2 rings (SSSR count). The predicted octanol–water partition coefficient (Wildman–Crippen LogP) is 2.05. The summed E-state index contributed by atoms with van der Waals surface area (Å²) in [5, 5.41) is 13.4. The monoisotopic (exact) mass is 263 g/mol. The van der Waals surface area contributed by atoms with Gasteiger partial charge < -0.3 is 19.1 Å². The number of carbonyl (C=O) groups is 1. The minimum Gasteiger partial charge on any atom is -0.507 e. The minimum absolute atomic E-state index is 0.0123. The van der Waals surface area contributed by atoms with E-state index in [4.69, 9.17) is 14.0 Å². The van der Waals surface area contributed by atoms with E-state index in [1.165, 1.54) is 19.2 Å². The molecular formula is C13H13NO5. The summed E-state index contributed by atoms with van der Waals surface area (Å²) in [6.07, 6.45) is 0. The number of carbonyl (C=O) groups excluding carboxylic acids is 1. The zero-order valence-corrected chi connectivity index (χ0v) is 10.5. The summed E-state index contributed by atoms with van der Waals surface area (Å²) in [4.78, 5) is 11.8. The zero-order valence-electron chi connectivity index (χ0n) is 10.5. The van der Waals surface area contributed by atoms with E-state index < -0.39 is 5.97 Å². The predicted molar refractivity (Wildman–Crippen MR) is 65.0 cm³/mol. The van der Waals surface area contributed by atoms with Gasteiger partial charge in [0.2, 0.25) is 0 Å². The molecule has 0 aliphatic carbocycles. The van der Waals surface area contributed by atoms with Crippen molar-refractivity contribution < 1.29 is 23.9 Å². The second-order valence-electron chi connectivity index (χ2n) is 3.89. The highest BCUT2D eigenvalue weighted by Crippen LogP contribution is 2.24. The summed E-state index contributed by atoms with van der Waals surface area (Å²) >= 11 is 0. The van der Waals surface area contributed by atoms with Gasteiger partial charge in [0.15, 0.2) is 0 Å². The van der Waals surface area contributed by atoms with Gasteiger partial charge in [-0.05, 0) is 19.1 Å². The normalized spacial score (nSPS) is 10.2. The summed E-state index contributed by atoms with van der Waals surface area (Å²) in [5.74, 6) is 0.265. The SMILES string of the molecule is COc1ccc(C(=O)OCc2cc(C)on2)c(O)c1. The lowest BCUT2D eigenvalue weighted by molar-refractivity contribution is 0.0461. The van der Waals surface area contributed by atoms with Gasteiger partial charge in [-0.25, -0.2) is 4.79 Å². The zero-order chi connectivity index (χ0) is 13.8. The highest BCUT2D eigenvalue weighted by Gasteiger charge is 2.14. The van der Waals surface area contributed by atoms with Crippen molar-refractivity contribution in [2.45, 2.75) is 13.5 Å². The molecule has 1 N–H and O–H groups in total.